The normalized spacial score (nSPS) is 10.7. The molecule has 0 aliphatic carbocycles. The number of amides is 1. The van der Waals surface area contributed by atoms with Gasteiger partial charge in [-0.15, -0.1) is 0 Å². The number of nitrogens with zero attached hydrogens (tertiary/aromatic N) is 2. The maximum absolute atomic E-state index is 11.9. The van der Waals surface area contributed by atoms with Crippen molar-refractivity contribution in [1.82, 2.24) is 4.98 Å². The summed E-state index contributed by atoms with van der Waals surface area (Å²) in [7, 11) is 0. The molecule has 106 valence electrons. The Morgan fingerprint density at radius 2 is 2.19 bits per heavy atom. The highest BCUT2D eigenvalue weighted by atomic mass is 79.9. The quantitative estimate of drug-likeness (QED) is 0.560. The lowest BCUT2D eigenvalue weighted by atomic mass is 10.3. The molecule has 0 saturated carbocycles. The summed E-state index contributed by atoms with van der Waals surface area (Å²) in [5, 5.41) is 13.5. The van der Waals surface area contributed by atoms with Crippen LogP contribution in [0.2, 0.25) is 0 Å². The maximum atomic E-state index is 11.9. The third-order valence-electron chi connectivity index (χ3n) is 2.57. The smallest absolute Gasteiger partial charge is 0.395 e. The monoisotopic (exact) mass is 367 g/mol. The van der Waals surface area contributed by atoms with Crippen LogP contribution in [0.1, 0.15) is 10.6 Å². The lowest BCUT2D eigenvalue weighted by Gasteiger charge is -1.96. The van der Waals surface area contributed by atoms with Gasteiger partial charge in [0, 0.05) is 4.47 Å². The number of halogens is 1. The number of rotatable bonds is 3. The number of nitrogens with one attached hydrogen (secondary N) is 1. The fourth-order valence-electron chi connectivity index (χ4n) is 1.66. The molecule has 2 heterocycles. The molecule has 0 atom stereocenters. The molecule has 1 N–H and O–H groups in total. The summed E-state index contributed by atoms with van der Waals surface area (Å²) in [6, 6.07) is 7.94. The number of carbonyl (C=O) groups is 1. The third-order valence-corrected chi connectivity index (χ3v) is 3.99. The summed E-state index contributed by atoms with van der Waals surface area (Å²) >= 11 is 4.66. The average Bonchev–Trinajstić information content (AvgIpc) is 3.03. The fourth-order valence-corrected chi connectivity index (χ4v) is 3.07. The molecule has 1 amide bonds. The van der Waals surface area contributed by atoms with E-state index >= 15 is 0 Å². The first-order valence-corrected chi connectivity index (χ1v) is 7.25. The van der Waals surface area contributed by atoms with Crippen molar-refractivity contribution in [2.24, 2.45) is 0 Å². The van der Waals surface area contributed by atoms with Crippen LogP contribution in [-0.2, 0) is 0 Å². The summed E-state index contributed by atoms with van der Waals surface area (Å²) in [5.74, 6) is -1.20. The highest BCUT2D eigenvalue weighted by molar-refractivity contribution is 9.10. The number of nitro groups is 1. The van der Waals surface area contributed by atoms with Gasteiger partial charge in [-0.05, 0) is 24.3 Å². The second-order valence-corrected chi connectivity index (χ2v) is 5.93. The Morgan fingerprint density at radius 1 is 1.38 bits per heavy atom. The van der Waals surface area contributed by atoms with E-state index in [1.807, 2.05) is 18.2 Å². The van der Waals surface area contributed by atoms with Crippen molar-refractivity contribution >= 4 is 54.4 Å². The van der Waals surface area contributed by atoms with Gasteiger partial charge in [0.25, 0.3) is 5.91 Å². The third kappa shape index (κ3) is 2.78. The van der Waals surface area contributed by atoms with Gasteiger partial charge in [-0.2, -0.15) is 0 Å². The molecule has 3 aromatic rings. The fraction of sp³-hybridized carbons (Fsp3) is 0. The first-order valence-electron chi connectivity index (χ1n) is 5.64. The van der Waals surface area contributed by atoms with E-state index in [4.69, 9.17) is 4.42 Å². The molecule has 21 heavy (non-hydrogen) atoms. The van der Waals surface area contributed by atoms with E-state index in [0.29, 0.717) is 5.13 Å². The number of anilines is 1. The van der Waals surface area contributed by atoms with Gasteiger partial charge in [0.2, 0.25) is 0 Å². The zero-order valence-electron chi connectivity index (χ0n) is 10.2. The molecule has 0 saturated heterocycles. The van der Waals surface area contributed by atoms with Crippen molar-refractivity contribution in [3.05, 3.63) is 50.7 Å². The number of carbonyl (C=O) groups excluding carboxylic acids is 1. The molecule has 7 nitrogen and oxygen atoms in total. The van der Waals surface area contributed by atoms with Crippen molar-refractivity contribution in [2.45, 2.75) is 0 Å². The van der Waals surface area contributed by atoms with Gasteiger partial charge in [-0.25, -0.2) is 4.98 Å². The Kier molecular flexibility index (Phi) is 3.43. The van der Waals surface area contributed by atoms with Gasteiger partial charge in [0.15, 0.2) is 10.9 Å². The molecule has 2 aromatic heterocycles. The minimum absolute atomic E-state index is 0.137. The van der Waals surface area contributed by atoms with Crippen LogP contribution < -0.4 is 5.32 Å². The second-order valence-electron chi connectivity index (χ2n) is 3.98. The number of benzene rings is 1. The number of aromatic nitrogens is 1. The Morgan fingerprint density at radius 3 is 2.90 bits per heavy atom. The molecule has 9 heteroatoms. The average molecular weight is 368 g/mol. The highest BCUT2D eigenvalue weighted by Gasteiger charge is 2.18. The van der Waals surface area contributed by atoms with Crippen molar-refractivity contribution in [2.75, 3.05) is 5.32 Å². The zero-order chi connectivity index (χ0) is 15.0. The SMILES string of the molecule is O=C(Nc1nc2ccc(Br)cc2s1)c1ccc([N+](=O)[O-])o1. The van der Waals surface area contributed by atoms with Crippen LogP contribution in [0.4, 0.5) is 11.0 Å². The molecule has 0 bridgehead atoms. The molecular formula is C12H6BrN3O4S. The predicted octanol–water partition coefficient (Wildman–Crippen LogP) is 3.81. The van der Waals surface area contributed by atoms with Gasteiger partial charge >= 0.3 is 5.88 Å². The van der Waals surface area contributed by atoms with Crippen molar-refractivity contribution < 1.29 is 14.1 Å². The Labute approximate surface area is 129 Å². The Balaban J connectivity index is 1.83. The largest absolute Gasteiger partial charge is 0.433 e. The van der Waals surface area contributed by atoms with Gasteiger partial charge in [0.1, 0.15) is 4.92 Å². The van der Waals surface area contributed by atoms with E-state index in [-0.39, 0.29) is 5.76 Å². The Bertz CT molecular complexity index is 857. The van der Waals surface area contributed by atoms with Crippen LogP contribution in [0, 0.1) is 10.1 Å². The molecule has 0 aliphatic heterocycles. The van der Waals surface area contributed by atoms with Crippen LogP contribution in [0.15, 0.2) is 39.2 Å². The standard InChI is InChI=1S/C12H6BrN3O4S/c13-6-1-2-7-9(5-6)21-12(14-7)15-11(17)8-3-4-10(20-8)16(18)19/h1-5H,(H,14,15,17). The van der Waals surface area contributed by atoms with Gasteiger partial charge in [-0.1, -0.05) is 27.3 Å². The molecule has 0 unspecified atom stereocenters. The second kappa shape index (κ2) is 5.26. The van der Waals surface area contributed by atoms with Gasteiger partial charge in [-0.3, -0.25) is 20.2 Å². The van der Waals surface area contributed by atoms with Crippen molar-refractivity contribution in [3.63, 3.8) is 0 Å². The Hall–Kier alpha value is -2.26. The van der Waals surface area contributed by atoms with E-state index < -0.39 is 16.7 Å². The van der Waals surface area contributed by atoms with E-state index in [1.165, 1.54) is 17.4 Å². The van der Waals surface area contributed by atoms with Crippen LogP contribution in [0.5, 0.6) is 0 Å². The molecule has 0 fully saturated rings. The zero-order valence-corrected chi connectivity index (χ0v) is 12.6. The van der Waals surface area contributed by atoms with E-state index in [1.54, 1.807) is 0 Å². The minimum atomic E-state index is -0.702. The molecule has 1 aromatic carbocycles. The summed E-state index contributed by atoms with van der Waals surface area (Å²) in [6.45, 7) is 0. The molecule has 3 rings (SSSR count). The number of hydrogen-bond donors (Lipinski definition) is 1. The van der Waals surface area contributed by atoms with Crippen molar-refractivity contribution in [3.8, 4) is 0 Å². The van der Waals surface area contributed by atoms with E-state index in [9.17, 15) is 14.9 Å². The lowest BCUT2D eigenvalue weighted by molar-refractivity contribution is -0.402. The number of hydrogen-bond acceptors (Lipinski definition) is 6. The summed E-state index contributed by atoms with van der Waals surface area (Å²) in [4.78, 5) is 26.0. The molecule has 0 spiro atoms. The van der Waals surface area contributed by atoms with Gasteiger partial charge < -0.3 is 4.42 Å². The van der Waals surface area contributed by atoms with Crippen LogP contribution in [-0.4, -0.2) is 15.8 Å². The highest BCUT2D eigenvalue weighted by Crippen LogP contribution is 2.29. The van der Waals surface area contributed by atoms with Gasteiger partial charge in [0.05, 0.1) is 16.3 Å². The number of thiazole rings is 1. The number of furan rings is 1. The van der Waals surface area contributed by atoms with Crippen LogP contribution in [0.3, 0.4) is 0 Å². The van der Waals surface area contributed by atoms with Crippen molar-refractivity contribution in [1.29, 1.82) is 0 Å². The summed E-state index contributed by atoms with van der Waals surface area (Å²) in [6.07, 6.45) is 0. The predicted molar refractivity (Wildman–Crippen MR) is 80.6 cm³/mol. The number of fused-ring (bicyclic) bond motifs is 1. The first kappa shape index (κ1) is 13.7. The van der Waals surface area contributed by atoms with E-state index in [2.05, 4.69) is 26.2 Å². The first-order chi connectivity index (χ1) is 10.0. The molecule has 0 radical (unpaired) electrons. The topological polar surface area (TPSA) is 98.3 Å². The van der Waals surface area contributed by atoms with Crippen LogP contribution >= 0.6 is 27.3 Å². The lowest BCUT2D eigenvalue weighted by Crippen LogP contribution is -2.10. The van der Waals surface area contributed by atoms with E-state index in [0.717, 1.165) is 20.8 Å². The van der Waals surface area contributed by atoms with Crippen LogP contribution in [0.25, 0.3) is 10.2 Å². The summed E-state index contributed by atoms with van der Waals surface area (Å²) < 4.78 is 6.65. The molecule has 0 aliphatic rings. The molecular weight excluding hydrogens is 362 g/mol. The summed E-state index contributed by atoms with van der Waals surface area (Å²) in [5.41, 5.74) is 0.754. The maximum Gasteiger partial charge on any atom is 0.433 e. The minimum Gasteiger partial charge on any atom is -0.395 e.